The van der Waals surface area contributed by atoms with E-state index in [4.69, 9.17) is 4.74 Å². The molecule has 5 saturated carbocycles. The first-order chi connectivity index (χ1) is 15.8. The second kappa shape index (κ2) is 10.5. The maximum atomic E-state index is 13.4. The average molecular weight is 481 g/mol. The van der Waals surface area contributed by atoms with Crippen LogP contribution in [0.3, 0.4) is 0 Å². The number of carbonyl (C=O) groups is 3. The van der Waals surface area contributed by atoms with Crippen LogP contribution in [0.25, 0.3) is 0 Å². The lowest BCUT2D eigenvalue weighted by Crippen LogP contribution is -2.62. The predicted molar refractivity (Wildman–Crippen MR) is 128 cm³/mol. The summed E-state index contributed by atoms with van der Waals surface area (Å²) in [7, 11) is 0. The van der Waals surface area contributed by atoms with Gasteiger partial charge in [-0.3, -0.25) is 9.59 Å². The topological polar surface area (TPSA) is 95.9 Å². The maximum Gasteiger partial charge on any atom is 0.330 e. The first-order valence-corrected chi connectivity index (χ1v) is 13.5. The minimum Gasteiger partial charge on any atom is -0.480 e. The largest absolute Gasteiger partial charge is 0.480 e. The van der Waals surface area contributed by atoms with Crippen LogP contribution in [-0.2, 0) is 19.1 Å². The fraction of sp³-hybridized carbons (Fsp3) is 0.880. The first-order valence-electron chi connectivity index (χ1n) is 12.9. The summed E-state index contributed by atoms with van der Waals surface area (Å²) < 4.78 is 5.87. The second-order valence-electron chi connectivity index (χ2n) is 11.2. The summed E-state index contributed by atoms with van der Waals surface area (Å²) in [5, 5.41) is 13.3. The Labute approximate surface area is 202 Å². The highest BCUT2D eigenvalue weighted by atomic mass is 32.1. The van der Waals surface area contributed by atoms with E-state index in [1.54, 1.807) is 6.92 Å². The Morgan fingerprint density at radius 3 is 2.15 bits per heavy atom. The molecule has 5 aliphatic carbocycles. The van der Waals surface area contributed by atoms with Crippen molar-refractivity contribution >= 4 is 30.5 Å². The number of esters is 1. The smallest absolute Gasteiger partial charge is 0.330 e. The van der Waals surface area contributed by atoms with E-state index in [9.17, 15) is 19.5 Å². The number of carboxylic acids is 1. The molecule has 0 radical (unpaired) electrons. The van der Waals surface area contributed by atoms with Gasteiger partial charge in [0, 0.05) is 23.8 Å². The lowest BCUT2D eigenvalue weighted by atomic mass is 9.53. The van der Waals surface area contributed by atoms with Gasteiger partial charge in [0.05, 0.1) is 0 Å². The second-order valence-corrected chi connectivity index (χ2v) is 11.6. The average Bonchev–Trinajstić information content (AvgIpc) is 2.77. The molecule has 0 aromatic heterocycles. The summed E-state index contributed by atoms with van der Waals surface area (Å²) in [5.41, 5.74) is 0.00518. The fourth-order valence-corrected chi connectivity index (χ4v) is 7.39. The number of carboxylic acid groups (broad SMARTS) is 1. The summed E-state index contributed by atoms with van der Waals surface area (Å²) in [6.45, 7) is 1.46. The number of hydrogen-bond acceptors (Lipinski definition) is 6. The molecule has 186 valence electrons. The minimum absolute atomic E-state index is 0.00518. The summed E-state index contributed by atoms with van der Waals surface area (Å²) in [5.74, 6) is 0.108. The quantitative estimate of drug-likeness (QED) is 0.328. The molecule has 0 aliphatic heterocycles. The molecule has 1 amide bonds. The SMILES string of the molecule is C[C@H](CS)C(=O)N(CC(=O)O)[C@@H](CNC12CC3CC(CC(C3)C1)C2)C(=O)OC1CCCCC1. The molecule has 0 aromatic carbocycles. The van der Waals surface area contributed by atoms with Crippen molar-refractivity contribution in [3.05, 3.63) is 0 Å². The van der Waals surface area contributed by atoms with Crippen LogP contribution in [0, 0.1) is 23.7 Å². The van der Waals surface area contributed by atoms with E-state index in [1.165, 1.54) is 24.2 Å². The van der Waals surface area contributed by atoms with Gasteiger partial charge in [-0.15, -0.1) is 0 Å². The van der Waals surface area contributed by atoms with E-state index in [2.05, 4.69) is 17.9 Å². The predicted octanol–water partition coefficient (Wildman–Crippen LogP) is 3.27. The first kappa shape index (κ1) is 24.8. The number of rotatable bonds is 10. The van der Waals surface area contributed by atoms with Crippen LogP contribution in [-0.4, -0.2) is 64.4 Å². The zero-order valence-corrected chi connectivity index (χ0v) is 20.7. The van der Waals surface area contributed by atoms with Crippen LogP contribution >= 0.6 is 12.6 Å². The van der Waals surface area contributed by atoms with Crippen LogP contribution < -0.4 is 5.32 Å². The van der Waals surface area contributed by atoms with E-state index in [1.807, 2.05) is 0 Å². The van der Waals surface area contributed by atoms with Gasteiger partial charge in [0.1, 0.15) is 18.7 Å². The Morgan fingerprint density at radius 2 is 1.64 bits per heavy atom. The van der Waals surface area contributed by atoms with Gasteiger partial charge >= 0.3 is 11.9 Å². The molecule has 5 fully saturated rings. The third kappa shape index (κ3) is 5.87. The third-order valence-corrected chi connectivity index (χ3v) is 9.02. The van der Waals surface area contributed by atoms with Crippen molar-refractivity contribution < 1.29 is 24.2 Å². The summed E-state index contributed by atoms with van der Waals surface area (Å²) in [4.78, 5) is 39.5. The molecule has 0 saturated heterocycles. The normalized spacial score (nSPS) is 32.8. The molecular weight excluding hydrogens is 440 g/mol. The van der Waals surface area contributed by atoms with Crippen molar-refractivity contribution in [2.24, 2.45) is 23.7 Å². The summed E-state index contributed by atoms with van der Waals surface area (Å²) in [6, 6.07) is -0.939. The molecule has 5 rings (SSSR count). The van der Waals surface area contributed by atoms with E-state index < -0.39 is 30.4 Å². The molecule has 8 heteroatoms. The zero-order chi connectivity index (χ0) is 23.6. The lowest BCUT2D eigenvalue weighted by Gasteiger charge is -2.57. The Morgan fingerprint density at radius 1 is 1.06 bits per heavy atom. The van der Waals surface area contributed by atoms with Gasteiger partial charge in [0.15, 0.2) is 0 Å². The molecular formula is C25H40N2O5S. The molecule has 2 atom stereocenters. The van der Waals surface area contributed by atoms with E-state index >= 15 is 0 Å². The maximum absolute atomic E-state index is 13.4. The van der Waals surface area contributed by atoms with Gasteiger partial charge in [0.2, 0.25) is 5.91 Å². The number of thiol groups is 1. The standard InChI is InChI=1S/C25H40N2O5S/c1-16(15-33)23(30)27(14-22(28)29)21(24(31)32-20-5-3-2-4-6-20)13-26-25-10-17-7-18(11-25)9-19(8-17)12-25/h16-21,26,33H,2-15H2,1H3,(H,28,29)/t16-,17?,18?,19?,21+,25?/m1/s1. The van der Waals surface area contributed by atoms with Crippen molar-refractivity contribution in [2.75, 3.05) is 18.8 Å². The van der Waals surface area contributed by atoms with Crippen molar-refractivity contribution in [3.8, 4) is 0 Å². The Kier molecular flexibility index (Phi) is 7.94. The van der Waals surface area contributed by atoms with E-state index in [-0.39, 0.29) is 24.1 Å². The molecule has 0 spiro atoms. The van der Waals surface area contributed by atoms with Gasteiger partial charge < -0.3 is 20.1 Å². The minimum atomic E-state index is -1.13. The van der Waals surface area contributed by atoms with Gasteiger partial charge in [0.25, 0.3) is 0 Å². The van der Waals surface area contributed by atoms with E-state index in [0.29, 0.717) is 5.75 Å². The number of ether oxygens (including phenoxy) is 1. The molecule has 5 aliphatic rings. The molecule has 0 unspecified atom stereocenters. The highest BCUT2D eigenvalue weighted by Gasteiger charge is 2.51. The Bertz CT molecular complexity index is 703. The monoisotopic (exact) mass is 480 g/mol. The number of carbonyl (C=O) groups excluding carboxylic acids is 2. The molecule has 4 bridgehead atoms. The molecule has 2 N–H and O–H groups in total. The summed E-state index contributed by atoms with van der Waals surface area (Å²) >= 11 is 4.24. The van der Waals surface area contributed by atoms with Gasteiger partial charge in [-0.1, -0.05) is 13.3 Å². The van der Waals surface area contributed by atoms with Crippen LogP contribution in [0.1, 0.15) is 77.6 Å². The number of aliphatic carboxylic acids is 1. The Hall–Kier alpha value is -1.28. The molecule has 7 nitrogen and oxygen atoms in total. The number of amides is 1. The summed E-state index contributed by atoms with van der Waals surface area (Å²) in [6.07, 6.45) is 12.0. The lowest BCUT2D eigenvalue weighted by molar-refractivity contribution is -0.164. The van der Waals surface area contributed by atoms with Crippen molar-refractivity contribution in [2.45, 2.75) is 95.2 Å². The molecule has 33 heavy (non-hydrogen) atoms. The fourth-order valence-electron chi connectivity index (χ4n) is 7.24. The molecule has 0 heterocycles. The Balaban J connectivity index is 1.52. The van der Waals surface area contributed by atoms with Crippen molar-refractivity contribution in [1.29, 1.82) is 0 Å². The van der Waals surface area contributed by atoms with Gasteiger partial charge in [-0.2, -0.15) is 12.6 Å². The third-order valence-electron chi connectivity index (χ3n) is 8.48. The highest BCUT2D eigenvalue weighted by Crippen LogP contribution is 2.55. The van der Waals surface area contributed by atoms with Crippen LogP contribution in [0.4, 0.5) is 0 Å². The van der Waals surface area contributed by atoms with Crippen molar-refractivity contribution in [3.63, 3.8) is 0 Å². The van der Waals surface area contributed by atoms with Crippen LogP contribution in [0.15, 0.2) is 0 Å². The molecule has 0 aromatic rings. The van der Waals surface area contributed by atoms with Gasteiger partial charge in [-0.05, 0) is 82.0 Å². The van der Waals surface area contributed by atoms with Crippen LogP contribution in [0.5, 0.6) is 0 Å². The van der Waals surface area contributed by atoms with E-state index in [0.717, 1.165) is 69.1 Å². The zero-order valence-electron chi connectivity index (χ0n) is 19.8. The number of nitrogens with zero attached hydrogens (tertiary/aromatic N) is 1. The van der Waals surface area contributed by atoms with Crippen LogP contribution in [0.2, 0.25) is 0 Å². The number of nitrogens with one attached hydrogen (secondary N) is 1. The number of hydrogen-bond donors (Lipinski definition) is 3. The highest BCUT2D eigenvalue weighted by molar-refractivity contribution is 7.80. The van der Waals surface area contributed by atoms with Crippen molar-refractivity contribution in [1.82, 2.24) is 10.2 Å². The van der Waals surface area contributed by atoms with Gasteiger partial charge in [-0.25, -0.2) is 4.79 Å².